The fourth-order valence-electron chi connectivity index (χ4n) is 2.76. The van der Waals surface area contributed by atoms with E-state index in [2.05, 4.69) is 0 Å². The summed E-state index contributed by atoms with van der Waals surface area (Å²) < 4.78 is 18.6. The molecule has 0 aromatic heterocycles. The fraction of sp³-hybridized carbons (Fsp3) is 0.136. The lowest BCUT2D eigenvalue weighted by molar-refractivity contribution is -0.122. The largest absolute Gasteiger partial charge is 0.507 e. The van der Waals surface area contributed by atoms with Gasteiger partial charge in [-0.2, -0.15) is 0 Å². The van der Waals surface area contributed by atoms with E-state index in [1.807, 2.05) is 19.1 Å². The summed E-state index contributed by atoms with van der Waals surface area (Å²) in [6, 6.07) is 14.8. The third-order valence-electron chi connectivity index (χ3n) is 4.02. The van der Waals surface area contributed by atoms with Crippen LogP contribution in [0.3, 0.4) is 0 Å². The minimum Gasteiger partial charge on any atom is -0.507 e. The van der Waals surface area contributed by atoms with E-state index in [1.54, 1.807) is 30.3 Å². The Morgan fingerprint density at radius 1 is 1.03 bits per heavy atom. The van der Waals surface area contributed by atoms with Crippen molar-refractivity contribution in [1.29, 1.82) is 0 Å². The second-order valence-corrected chi connectivity index (χ2v) is 6.75. The van der Waals surface area contributed by atoms with Gasteiger partial charge in [0.25, 0.3) is 6.47 Å². The second kappa shape index (κ2) is 10.7. The maximum absolute atomic E-state index is 13.1. The van der Waals surface area contributed by atoms with Crippen LogP contribution in [-0.2, 0) is 11.2 Å². The predicted octanol–water partition coefficient (Wildman–Crippen LogP) is 6.20. The molecule has 0 heterocycles. The molecule has 0 saturated carbocycles. The highest BCUT2D eigenvalue weighted by Gasteiger charge is 2.12. The van der Waals surface area contributed by atoms with Gasteiger partial charge in [0.05, 0.1) is 6.61 Å². The van der Waals surface area contributed by atoms with Crippen LogP contribution in [0.4, 0.5) is 4.39 Å². The summed E-state index contributed by atoms with van der Waals surface area (Å²) in [5, 5.41) is 18.1. The summed E-state index contributed by atoms with van der Waals surface area (Å²) in [5.74, 6) is 0.436. The van der Waals surface area contributed by atoms with E-state index in [9.17, 15) is 9.50 Å². The Labute approximate surface area is 178 Å². The van der Waals surface area contributed by atoms with Crippen molar-refractivity contribution < 1.29 is 24.1 Å². The first-order valence-corrected chi connectivity index (χ1v) is 9.41. The molecular formula is C22H19Cl2FO4. The van der Waals surface area contributed by atoms with Crippen molar-refractivity contribution in [3.8, 4) is 22.6 Å². The van der Waals surface area contributed by atoms with E-state index in [-0.39, 0.29) is 18.0 Å². The molecule has 0 amide bonds. The highest BCUT2D eigenvalue weighted by Crippen LogP contribution is 2.35. The summed E-state index contributed by atoms with van der Waals surface area (Å²) in [7, 11) is 0. The van der Waals surface area contributed by atoms with Gasteiger partial charge in [-0.05, 0) is 60.0 Å². The molecule has 152 valence electrons. The highest BCUT2D eigenvalue weighted by atomic mass is 35.5. The molecule has 0 aliphatic heterocycles. The van der Waals surface area contributed by atoms with E-state index >= 15 is 0 Å². The summed E-state index contributed by atoms with van der Waals surface area (Å²) >= 11 is 12.7. The number of ether oxygens (including phenoxy) is 1. The Kier molecular flexibility index (Phi) is 8.31. The number of hydrogen-bond donors (Lipinski definition) is 2. The zero-order valence-corrected chi connectivity index (χ0v) is 17.0. The normalized spacial score (nSPS) is 10.1. The first-order chi connectivity index (χ1) is 13.9. The van der Waals surface area contributed by atoms with Gasteiger partial charge in [-0.25, -0.2) is 4.39 Å². The maximum Gasteiger partial charge on any atom is 0.290 e. The number of carbonyl (C=O) groups is 1. The monoisotopic (exact) mass is 436 g/mol. The number of rotatable bonds is 5. The number of halogens is 3. The van der Waals surface area contributed by atoms with Crippen LogP contribution in [0.15, 0.2) is 54.6 Å². The molecule has 0 spiro atoms. The molecule has 2 N–H and O–H groups in total. The molecule has 3 rings (SSSR count). The number of aromatic hydroxyl groups is 1. The Morgan fingerprint density at radius 2 is 1.62 bits per heavy atom. The molecule has 3 aromatic carbocycles. The summed E-state index contributed by atoms with van der Waals surface area (Å²) in [4.78, 5) is 8.36. The van der Waals surface area contributed by atoms with E-state index in [0.717, 1.165) is 16.7 Å². The van der Waals surface area contributed by atoms with Crippen LogP contribution < -0.4 is 4.74 Å². The maximum atomic E-state index is 13.1. The SMILES string of the molecule is CCOc1cc(Cl)c(Cc2ccc(O)c(-c3ccc(F)cc3)c2)c(Cl)c1.O=CO. The topological polar surface area (TPSA) is 66.8 Å². The molecule has 0 unspecified atom stereocenters. The van der Waals surface area contributed by atoms with Crippen LogP contribution in [-0.4, -0.2) is 23.3 Å². The van der Waals surface area contributed by atoms with Gasteiger partial charge >= 0.3 is 0 Å². The van der Waals surface area contributed by atoms with Crippen molar-refractivity contribution in [2.45, 2.75) is 13.3 Å². The number of hydrogen-bond acceptors (Lipinski definition) is 3. The molecule has 4 nitrogen and oxygen atoms in total. The van der Waals surface area contributed by atoms with Gasteiger partial charge < -0.3 is 14.9 Å². The highest BCUT2D eigenvalue weighted by molar-refractivity contribution is 6.36. The zero-order valence-electron chi connectivity index (χ0n) is 15.5. The minimum atomic E-state index is -0.322. The number of benzene rings is 3. The predicted molar refractivity (Wildman–Crippen MR) is 113 cm³/mol. The second-order valence-electron chi connectivity index (χ2n) is 5.94. The lowest BCUT2D eigenvalue weighted by atomic mass is 9.98. The van der Waals surface area contributed by atoms with Gasteiger partial charge in [-0.3, -0.25) is 4.79 Å². The fourth-order valence-corrected chi connectivity index (χ4v) is 3.36. The Morgan fingerprint density at radius 3 is 2.17 bits per heavy atom. The lowest BCUT2D eigenvalue weighted by Gasteiger charge is -2.12. The third-order valence-corrected chi connectivity index (χ3v) is 4.70. The van der Waals surface area contributed by atoms with Crippen LogP contribution in [0.2, 0.25) is 10.0 Å². The quantitative estimate of drug-likeness (QED) is 0.467. The lowest BCUT2D eigenvalue weighted by Crippen LogP contribution is -1.96. The molecule has 0 saturated heterocycles. The average Bonchev–Trinajstić information content (AvgIpc) is 2.68. The first-order valence-electron chi connectivity index (χ1n) is 8.66. The summed E-state index contributed by atoms with van der Waals surface area (Å²) in [6.07, 6.45) is 0.499. The zero-order chi connectivity index (χ0) is 21.4. The average molecular weight is 437 g/mol. The Hall–Kier alpha value is -2.76. The van der Waals surface area contributed by atoms with E-state index in [1.165, 1.54) is 12.1 Å². The Balaban J connectivity index is 0.000000941. The van der Waals surface area contributed by atoms with E-state index in [4.69, 9.17) is 37.8 Å². The number of phenols is 1. The standard InChI is InChI=1S/C21H17Cl2FO2.CH2O2/c1-2-26-16-11-19(22)18(20(23)12-16)10-13-3-8-21(25)17(9-13)14-4-6-15(24)7-5-14;2-1-3/h3-9,11-12,25H,2,10H2,1H3;1H,(H,2,3). The number of phenolic OH excluding ortho intramolecular Hbond substituents is 1. The molecular weight excluding hydrogens is 418 g/mol. The van der Waals surface area contributed by atoms with Gasteiger partial charge in [0.1, 0.15) is 17.3 Å². The van der Waals surface area contributed by atoms with Crippen LogP contribution in [0.25, 0.3) is 11.1 Å². The molecule has 29 heavy (non-hydrogen) atoms. The summed E-state index contributed by atoms with van der Waals surface area (Å²) in [6.45, 7) is 2.17. The van der Waals surface area contributed by atoms with Gasteiger partial charge in [-0.15, -0.1) is 0 Å². The molecule has 0 aliphatic carbocycles. The molecule has 0 fully saturated rings. The third kappa shape index (κ3) is 6.11. The van der Waals surface area contributed by atoms with Crippen molar-refractivity contribution in [2.75, 3.05) is 6.61 Å². The molecule has 7 heteroatoms. The molecule has 0 aliphatic rings. The van der Waals surface area contributed by atoms with E-state index in [0.29, 0.717) is 34.4 Å². The minimum absolute atomic E-state index is 0.129. The molecule has 0 radical (unpaired) electrons. The van der Waals surface area contributed by atoms with Crippen molar-refractivity contribution in [1.82, 2.24) is 0 Å². The van der Waals surface area contributed by atoms with Crippen LogP contribution in [0.1, 0.15) is 18.1 Å². The summed E-state index contributed by atoms with van der Waals surface area (Å²) in [5.41, 5.74) is 3.07. The van der Waals surface area contributed by atoms with Crippen molar-refractivity contribution in [2.24, 2.45) is 0 Å². The first kappa shape index (κ1) is 22.5. The van der Waals surface area contributed by atoms with Gasteiger partial charge in [-0.1, -0.05) is 41.4 Å². The smallest absolute Gasteiger partial charge is 0.290 e. The van der Waals surface area contributed by atoms with Crippen molar-refractivity contribution in [3.05, 3.63) is 81.6 Å². The van der Waals surface area contributed by atoms with Crippen LogP contribution >= 0.6 is 23.2 Å². The van der Waals surface area contributed by atoms with E-state index < -0.39 is 0 Å². The van der Waals surface area contributed by atoms with Gasteiger partial charge in [0, 0.05) is 22.0 Å². The molecule has 0 atom stereocenters. The molecule has 0 bridgehead atoms. The van der Waals surface area contributed by atoms with Crippen molar-refractivity contribution in [3.63, 3.8) is 0 Å². The van der Waals surface area contributed by atoms with Gasteiger partial charge in [0.2, 0.25) is 0 Å². The van der Waals surface area contributed by atoms with Crippen LogP contribution in [0.5, 0.6) is 11.5 Å². The number of carboxylic acid groups (broad SMARTS) is 1. The van der Waals surface area contributed by atoms with Crippen LogP contribution in [0, 0.1) is 5.82 Å². The van der Waals surface area contributed by atoms with Gasteiger partial charge in [0.15, 0.2) is 0 Å². The Bertz CT molecular complexity index is 952. The van der Waals surface area contributed by atoms with Crippen molar-refractivity contribution >= 4 is 29.7 Å². The molecule has 3 aromatic rings.